The third-order valence-electron chi connectivity index (χ3n) is 5.83. The first kappa shape index (κ1) is 18.0. The third-order valence-corrected chi connectivity index (χ3v) is 5.83. The second-order valence-electron chi connectivity index (χ2n) is 7.70. The quantitative estimate of drug-likeness (QED) is 0.858. The summed E-state index contributed by atoms with van der Waals surface area (Å²) in [7, 11) is 0. The van der Waals surface area contributed by atoms with Gasteiger partial charge in [0, 0.05) is 32.7 Å². The molecule has 0 bridgehead atoms. The van der Waals surface area contributed by atoms with Crippen LogP contribution in [-0.4, -0.2) is 54.1 Å². The van der Waals surface area contributed by atoms with Crippen LogP contribution in [0, 0.1) is 0 Å². The molecule has 2 aliphatic heterocycles. The summed E-state index contributed by atoms with van der Waals surface area (Å²) >= 11 is 0. The average molecular weight is 395 g/mol. The van der Waals surface area contributed by atoms with Gasteiger partial charge in [0.15, 0.2) is 17.3 Å². The maximum Gasteiger partial charge on any atom is 0.317 e. The monoisotopic (exact) mass is 395 g/mol. The Morgan fingerprint density at radius 1 is 1.00 bits per heavy atom. The molecular weight excluding hydrogens is 370 g/mol. The number of hydrogen-bond acceptors (Lipinski definition) is 6. The van der Waals surface area contributed by atoms with Crippen molar-refractivity contribution >= 4 is 11.8 Å². The van der Waals surface area contributed by atoms with Crippen LogP contribution >= 0.6 is 0 Å². The van der Waals surface area contributed by atoms with E-state index in [0.717, 1.165) is 54.5 Å². The van der Waals surface area contributed by atoms with E-state index in [-0.39, 0.29) is 12.8 Å². The Morgan fingerprint density at radius 2 is 1.83 bits per heavy atom. The molecule has 2 aromatic rings. The van der Waals surface area contributed by atoms with E-state index in [1.807, 2.05) is 23.1 Å². The van der Waals surface area contributed by atoms with Crippen molar-refractivity contribution in [3.63, 3.8) is 0 Å². The van der Waals surface area contributed by atoms with Crippen molar-refractivity contribution in [2.45, 2.75) is 32.2 Å². The van der Waals surface area contributed by atoms with Gasteiger partial charge in [0.1, 0.15) is 0 Å². The van der Waals surface area contributed by atoms with Gasteiger partial charge in [0.05, 0.1) is 5.69 Å². The minimum absolute atomic E-state index is 0.0427. The first-order valence-corrected chi connectivity index (χ1v) is 10.3. The van der Waals surface area contributed by atoms with Crippen LogP contribution in [0.15, 0.2) is 24.3 Å². The summed E-state index contributed by atoms with van der Waals surface area (Å²) in [4.78, 5) is 16.6. The molecule has 8 nitrogen and oxygen atoms in total. The summed E-state index contributed by atoms with van der Waals surface area (Å²) < 4.78 is 10.7. The number of anilines is 1. The number of urea groups is 1. The number of carbonyl (C=O) groups is 1. The van der Waals surface area contributed by atoms with Crippen LogP contribution in [-0.2, 0) is 19.4 Å². The topological polar surface area (TPSA) is 79.8 Å². The van der Waals surface area contributed by atoms with E-state index in [4.69, 9.17) is 9.47 Å². The summed E-state index contributed by atoms with van der Waals surface area (Å²) in [6, 6.07) is 7.88. The summed E-state index contributed by atoms with van der Waals surface area (Å²) in [5, 5.41) is 11.9. The smallest absolute Gasteiger partial charge is 0.317 e. The molecule has 0 atom stereocenters. The molecule has 1 aliphatic carbocycles. The van der Waals surface area contributed by atoms with E-state index >= 15 is 0 Å². The van der Waals surface area contributed by atoms with Crippen LogP contribution in [0.5, 0.6) is 11.5 Å². The lowest BCUT2D eigenvalue weighted by molar-refractivity contribution is 0.174. The van der Waals surface area contributed by atoms with Crippen LogP contribution in [0.4, 0.5) is 10.6 Å². The third kappa shape index (κ3) is 3.79. The average Bonchev–Trinajstić information content (AvgIpc) is 3.25. The first-order valence-electron chi connectivity index (χ1n) is 10.3. The Hall–Kier alpha value is -3.03. The summed E-state index contributed by atoms with van der Waals surface area (Å²) in [5.41, 5.74) is 3.48. The van der Waals surface area contributed by atoms with Gasteiger partial charge in [-0.3, -0.25) is 0 Å². The second kappa shape index (κ2) is 7.77. The molecule has 8 heteroatoms. The number of aromatic nitrogens is 2. The Balaban J connectivity index is 1.14. The van der Waals surface area contributed by atoms with Gasteiger partial charge >= 0.3 is 6.03 Å². The van der Waals surface area contributed by atoms with Crippen molar-refractivity contribution in [2.24, 2.45) is 0 Å². The fraction of sp³-hybridized carbons (Fsp3) is 0.476. The SMILES string of the molecule is O=C(NCc1ccc2c(c1)OCO2)N1CCN(c2cc3c(nn2)CCCC3)CC1. The molecule has 29 heavy (non-hydrogen) atoms. The summed E-state index contributed by atoms with van der Waals surface area (Å²) in [6.45, 7) is 3.60. The number of benzene rings is 1. The van der Waals surface area contributed by atoms with Gasteiger partial charge in [-0.1, -0.05) is 6.07 Å². The fourth-order valence-corrected chi connectivity index (χ4v) is 4.11. The molecule has 3 heterocycles. The van der Waals surface area contributed by atoms with Crippen molar-refractivity contribution < 1.29 is 14.3 Å². The molecule has 1 fully saturated rings. The Morgan fingerprint density at radius 3 is 2.72 bits per heavy atom. The fourth-order valence-electron chi connectivity index (χ4n) is 4.11. The van der Waals surface area contributed by atoms with Gasteiger partial charge in [-0.2, -0.15) is 5.10 Å². The number of aryl methyl sites for hydroxylation is 2. The zero-order chi connectivity index (χ0) is 19.6. The van der Waals surface area contributed by atoms with Crippen LogP contribution in [0.1, 0.15) is 29.7 Å². The molecule has 152 valence electrons. The molecule has 0 saturated carbocycles. The van der Waals surface area contributed by atoms with Gasteiger partial charge in [-0.05, 0) is 55.0 Å². The van der Waals surface area contributed by atoms with Gasteiger partial charge in [-0.15, -0.1) is 5.10 Å². The van der Waals surface area contributed by atoms with Crippen LogP contribution in [0.3, 0.4) is 0 Å². The lowest BCUT2D eigenvalue weighted by Gasteiger charge is -2.35. The number of nitrogens with zero attached hydrogens (tertiary/aromatic N) is 4. The van der Waals surface area contributed by atoms with Crippen molar-refractivity contribution in [1.82, 2.24) is 20.4 Å². The molecule has 0 radical (unpaired) electrons. The van der Waals surface area contributed by atoms with Crippen molar-refractivity contribution in [3.05, 3.63) is 41.1 Å². The van der Waals surface area contributed by atoms with E-state index in [0.29, 0.717) is 19.6 Å². The van der Waals surface area contributed by atoms with E-state index in [1.165, 1.54) is 18.4 Å². The number of carbonyl (C=O) groups excluding carboxylic acids is 1. The first-order chi connectivity index (χ1) is 14.3. The number of amides is 2. The van der Waals surface area contributed by atoms with Crippen LogP contribution in [0.2, 0.25) is 0 Å². The number of piperazine rings is 1. The van der Waals surface area contributed by atoms with E-state index in [2.05, 4.69) is 26.5 Å². The molecule has 1 saturated heterocycles. The lowest BCUT2D eigenvalue weighted by atomic mass is 9.97. The van der Waals surface area contributed by atoms with Crippen molar-refractivity contribution in [3.8, 4) is 11.5 Å². The zero-order valence-electron chi connectivity index (χ0n) is 16.4. The maximum absolute atomic E-state index is 12.6. The largest absolute Gasteiger partial charge is 0.454 e. The van der Waals surface area contributed by atoms with E-state index in [1.54, 1.807) is 0 Å². The molecule has 1 aromatic carbocycles. The summed E-state index contributed by atoms with van der Waals surface area (Å²) in [6.07, 6.45) is 4.58. The number of fused-ring (bicyclic) bond motifs is 2. The van der Waals surface area contributed by atoms with E-state index < -0.39 is 0 Å². The number of nitrogens with one attached hydrogen (secondary N) is 1. The molecule has 2 amide bonds. The highest BCUT2D eigenvalue weighted by Gasteiger charge is 2.23. The lowest BCUT2D eigenvalue weighted by Crippen LogP contribution is -2.52. The highest BCUT2D eigenvalue weighted by Crippen LogP contribution is 2.32. The minimum Gasteiger partial charge on any atom is -0.454 e. The van der Waals surface area contributed by atoms with Crippen molar-refractivity contribution in [2.75, 3.05) is 37.9 Å². The van der Waals surface area contributed by atoms with Gasteiger partial charge in [0.2, 0.25) is 6.79 Å². The molecule has 0 spiro atoms. The number of hydrogen-bond donors (Lipinski definition) is 1. The molecule has 1 N–H and O–H groups in total. The molecular formula is C21H25N5O3. The number of ether oxygens (including phenoxy) is 2. The highest BCUT2D eigenvalue weighted by molar-refractivity contribution is 5.74. The second-order valence-corrected chi connectivity index (χ2v) is 7.70. The van der Waals surface area contributed by atoms with Crippen LogP contribution in [0.25, 0.3) is 0 Å². The number of rotatable bonds is 3. The summed E-state index contributed by atoms with van der Waals surface area (Å²) in [5.74, 6) is 2.42. The van der Waals surface area contributed by atoms with Gasteiger partial charge < -0.3 is 24.6 Å². The van der Waals surface area contributed by atoms with E-state index in [9.17, 15) is 4.79 Å². The predicted molar refractivity (Wildman–Crippen MR) is 107 cm³/mol. The molecule has 3 aliphatic rings. The van der Waals surface area contributed by atoms with Gasteiger partial charge in [0.25, 0.3) is 0 Å². The zero-order valence-corrected chi connectivity index (χ0v) is 16.4. The Bertz CT molecular complexity index is 911. The maximum atomic E-state index is 12.6. The molecule has 0 unspecified atom stereocenters. The standard InChI is InChI=1S/C21H25N5O3/c27-21(22-13-15-5-6-18-19(11-15)29-14-28-18)26-9-7-25(8-10-26)20-12-16-3-1-2-4-17(16)23-24-20/h5-6,11-12H,1-4,7-10,13-14H2,(H,22,27). The molecule has 5 rings (SSSR count). The molecule has 1 aromatic heterocycles. The minimum atomic E-state index is -0.0427. The highest BCUT2D eigenvalue weighted by atomic mass is 16.7. The van der Waals surface area contributed by atoms with Crippen molar-refractivity contribution in [1.29, 1.82) is 0 Å². The normalized spacial score (nSPS) is 17.8. The predicted octanol–water partition coefficient (Wildman–Crippen LogP) is 2.12. The van der Waals surface area contributed by atoms with Crippen LogP contribution < -0.4 is 19.7 Å². The van der Waals surface area contributed by atoms with Gasteiger partial charge in [-0.25, -0.2) is 4.79 Å². The Kier molecular flexibility index (Phi) is 4.83. The Labute approximate surface area is 169 Å².